The number of allylic oxidation sites excluding steroid dienone is 32. The summed E-state index contributed by atoms with van der Waals surface area (Å²) in [5.74, 6) is -0.285. The monoisotopic (exact) mass is 1630 g/mol. The molecular weight excluding hydrogens is 1530 g/mol. The van der Waals surface area contributed by atoms with Crippen molar-refractivity contribution in [3.8, 4) is 44.5 Å². The van der Waals surface area contributed by atoms with Crippen LogP contribution in [0.25, 0.3) is 44.5 Å². The van der Waals surface area contributed by atoms with Gasteiger partial charge in [0.05, 0.1) is 0 Å². The van der Waals surface area contributed by atoms with Gasteiger partial charge >= 0.3 is 650 Å². The summed E-state index contributed by atoms with van der Waals surface area (Å²) in [6.45, 7) is 33.7. The molecule has 0 nitrogen and oxygen atoms in total. The standard InChI is InChI=1S/2C51H48Si.2ClH.Hf/c2*1-32-14-12-15-33(2)48(32)40-26-22-38(23-27-40)42-18-8-10-20-44-46(42)30-36(5)50(44)52(7)51-37(6)31-47-43(19-9-11-21-45(47)51)39-24-28-41(29-25-39)49-34(3)16-13-17-35(49)4;;;/h2*8-31,42-43,52H,1-7H3;2*1H;/q;;;;+2/p-2. The van der Waals surface area contributed by atoms with E-state index in [9.17, 15) is 17.2 Å². The fourth-order valence-corrected chi connectivity index (χ4v) is 198. The summed E-state index contributed by atoms with van der Waals surface area (Å²) in [5, 5.41) is 0. The van der Waals surface area contributed by atoms with Crippen LogP contribution in [0, 0.1) is 55.4 Å². The van der Waals surface area contributed by atoms with Gasteiger partial charge in [-0.05, 0) is 0 Å². The van der Waals surface area contributed by atoms with Crippen molar-refractivity contribution in [2.45, 2.75) is 131 Å². The first kappa shape index (κ1) is 70.2. The van der Waals surface area contributed by atoms with Crippen LogP contribution >= 0.6 is 17.2 Å². The zero-order valence-electron chi connectivity index (χ0n) is 64.4. The molecule has 18 rings (SSSR count). The number of fused-ring (bicyclic) bond motifs is 8. The first-order valence-corrected chi connectivity index (χ1v) is 59.8. The van der Waals surface area contributed by atoms with E-state index in [1.807, 2.05) is 0 Å². The Kier molecular flexibility index (Phi) is 16.1. The topological polar surface area (TPSA) is 0 Å². The van der Waals surface area contributed by atoms with Gasteiger partial charge in [-0.2, -0.15) is 0 Å². The van der Waals surface area contributed by atoms with Crippen LogP contribution in [-0.4, -0.2) is 17.6 Å². The maximum atomic E-state index is 11.7. The van der Waals surface area contributed by atoms with Crippen molar-refractivity contribution in [1.29, 1.82) is 0 Å². The normalized spacial score (nSPS) is 28.9. The Labute approximate surface area is 644 Å². The molecule has 2 heterocycles. The summed E-state index contributed by atoms with van der Waals surface area (Å²) < 4.78 is -2.99. The molecule has 8 atom stereocenters. The van der Waals surface area contributed by atoms with E-state index in [-0.39, 0.29) is 23.7 Å². The van der Waals surface area contributed by atoms with Gasteiger partial charge in [-0.1, -0.05) is 0 Å². The van der Waals surface area contributed by atoms with Gasteiger partial charge in [0, 0.05) is 0 Å². The summed E-state index contributed by atoms with van der Waals surface area (Å²) in [7, 11) is 18.1. The predicted molar refractivity (Wildman–Crippen MR) is 461 cm³/mol. The van der Waals surface area contributed by atoms with E-state index in [1.165, 1.54) is 178 Å². The molecule has 8 unspecified atom stereocenters. The molecule has 8 aromatic rings. The summed E-state index contributed by atoms with van der Waals surface area (Å²) in [5.41, 5.74) is 42.0. The fourth-order valence-electron chi connectivity index (χ4n) is 26.4. The molecule has 0 saturated carbocycles. The van der Waals surface area contributed by atoms with Crippen molar-refractivity contribution < 1.29 is 14.7 Å². The molecule has 5 spiro atoms. The Morgan fingerprint density at radius 1 is 0.262 bits per heavy atom. The average Bonchev–Trinajstić information content (AvgIpc) is 1.50. The van der Waals surface area contributed by atoms with E-state index in [4.69, 9.17) is 0 Å². The second-order valence-electron chi connectivity index (χ2n) is 33.5. The number of hydrogen-bond donors (Lipinski definition) is 0. The molecular formula is C102H96Cl2HfSi2. The number of aryl methyl sites for hydroxylation is 8. The fraction of sp³-hybridized carbons (Fsp3) is 0.216. The quantitative estimate of drug-likeness (QED) is 0.133. The second kappa shape index (κ2) is 24.5. The van der Waals surface area contributed by atoms with Gasteiger partial charge in [0.2, 0.25) is 0 Å². The average molecular weight is 1630 g/mol. The van der Waals surface area contributed by atoms with Gasteiger partial charge in [0.25, 0.3) is 0 Å². The summed E-state index contributed by atoms with van der Waals surface area (Å²) in [4.78, 5) is 0. The van der Waals surface area contributed by atoms with Crippen molar-refractivity contribution in [2.24, 2.45) is 0 Å². The predicted octanol–water partition coefficient (Wildman–Crippen LogP) is 27.9. The van der Waals surface area contributed by atoms with Gasteiger partial charge in [-0.15, -0.1) is 0 Å². The first-order chi connectivity index (χ1) is 51.5. The Morgan fingerprint density at radius 3 is 0.636 bits per heavy atom. The third-order valence-electron chi connectivity index (χ3n) is 29.3. The summed E-state index contributed by atoms with van der Waals surface area (Å²) >= 11 is -7.96. The molecule has 530 valence electrons. The van der Waals surface area contributed by atoms with E-state index in [0.717, 1.165) is 0 Å². The number of hydrogen-bond acceptors (Lipinski definition) is 0. The van der Waals surface area contributed by atoms with Gasteiger partial charge < -0.3 is 0 Å². The molecule has 2 fully saturated rings. The van der Waals surface area contributed by atoms with E-state index < -0.39 is 43.4 Å². The molecule has 0 N–H and O–H groups in total. The zero-order valence-corrected chi connectivity index (χ0v) is 71.8. The van der Waals surface area contributed by atoms with Crippen LogP contribution < -0.4 is 0 Å². The van der Waals surface area contributed by atoms with Crippen molar-refractivity contribution >= 4 is 34.7 Å². The molecule has 2 aliphatic heterocycles. The Morgan fingerprint density at radius 2 is 0.449 bits per heavy atom. The molecule has 0 amide bonds. The molecule has 10 aliphatic rings. The molecule has 107 heavy (non-hydrogen) atoms. The van der Waals surface area contributed by atoms with Gasteiger partial charge in [-0.3, -0.25) is 0 Å². The van der Waals surface area contributed by atoms with Crippen LogP contribution in [-0.2, 0) is 14.7 Å². The Balaban J connectivity index is 0.951. The summed E-state index contributed by atoms with van der Waals surface area (Å²) in [6, 6.07) is 65.1. The zero-order chi connectivity index (χ0) is 74.3. The van der Waals surface area contributed by atoms with Crippen molar-refractivity contribution in [1.82, 2.24) is 0 Å². The van der Waals surface area contributed by atoms with Crippen molar-refractivity contribution in [3.63, 3.8) is 0 Å². The third-order valence-corrected chi connectivity index (χ3v) is 146. The number of halogens is 2. The van der Waals surface area contributed by atoms with Crippen LogP contribution in [0.5, 0.6) is 0 Å². The van der Waals surface area contributed by atoms with E-state index in [0.29, 0.717) is 0 Å². The number of rotatable bonds is 8. The molecule has 5 heteroatoms. The van der Waals surface area contributed by atoms with Gasteiger partial charge in [-0.25, -0.2) is 0 Å². The SMILES string of the molecule is CC1=CC2=C(C=CC=CC2c2ccc(-c3c(C)cccc3C)cc2)[C]12[SiH](C)[C]1(C(C)=CC3=C1C=CC=CC3c1ccc(-c3c(C)cccc3C)cc1)[Hf]21([Cl])([Cl])[C]2(C(C)=CC3=C2C=CC=CC3c2ccc(-c3c(C)cccc3C)cc2)[SiH](C)[C]12C(C)=CC1=C2C=CC=CC1c1ccc(-c2c(C)cccc2C)cc1. The van der Waals surface area contributed by atoms with Crippen LogP contribution in [0.1, 0.15) is 118 Å². The molecule has 0 bridgehead atoms. The van der Waals surface area contributed by atoms with E-state index in [1.54, 1.807) is 0 Å². The third kappa shape index (κ3) is 8.29. The Bertz CT molecular complexity index is 5030. The molecule has 0 aromatic heterocycles. The molecule has 8 aliphatic carbocycles. The van der Waals surface area contributed by atoms with Gasteiger partial charge in [0.15, 0.2) is 0 Å². The van der Waals surface area contributed by atoms with E-state index in [2.05, 4.69) is 388 Å². The minimum atomic E-state index is -7.96. The second-order valence-corrected chi connectivity index (χ2v) is 87.8. The van der Waals surface area contributed by atoms with Crippen LogP contribution in [0.3, 0.4) is 0 Å². The molecule has 8 aromatic carbocycles. The molecule has 0 radical (unpaired) electrons. The van der Waals surface area contributed by atoms with Crippen LogP contribution in [0.4, 0.5) is 0 Å². The Hall–Kier alpha value is -8.52. The maximum absolute atomic E-state index is 11.7. The van der Waals surface area contributed by atoms with Gasteiger partial charge in [0.1, 0.15) is 0 Å². The van der Waals surface area contributed by atoms with Crippen LogP contribution in [0.15, 0.2) is 358 Å². The first-order valence-electron chi connectivity index (χ1n) is 39.1. The van der Waals surface area contributed by atoms with Crippen LogP contribution in [0.2, 0.25) is 24.3 Å². The number of benzene rings is 8. The van der Waals surface area contributed by atoms with Crippen molar-refractivity contribution in [2.75, 3.05) is 0 Å². The minimum absolute atomic E-state index is 0.0712. The molecule has 2 saturated heterocycles. The van der Waals surface area contributed by atoms with Crippen molar-refractivity contribution in [3.05, 3.63) is 425 Å². The summed E-state index contributed by atoms with van der Waals surface area (Å²) in [6.07, 6.45) is 49.9. The van der Waals surface area contributed by atoms with E-state index >= 15 is 0 Å².